The Balaban J connectivity index is 2.30. The Morgan fingerprint density at radius 2 is 2.00 bits per heavy atom. The second-order valence-corrected chi connectivity index (χ2v) is 6.15. The van der Waals surface area contributed by atoms with Crippen LogP contribution in [0.2, 0.25) is 0 Å². The predicted octanol–water partition coefficient (Wildman–Crippen LogP) is 0.933. The molecule has 3 N–H and O–H groups in total. The van der Waals surface area contributed by atoms with Crippen molar-refractivity contribution in [2.75, 3.05) is 32.6 Å². The lowest BCUT2D eigenvalue weighted by atomic mass is 9.75. The Morgan fingerprint density at radius 1 is 1.40 bits per heavy atom. The molecule has 0 radical (unpaired) electrons. The van der Waals surface area contributed by atoms with Gasteiger partial charge >= 0.3 is 0 Å². The molecule has 0 spiro atoms. The summed E-state index contributed by atoms with van der Waals surface area (Å²) in [7, 11) is 8.27. The third-order valence-corrected chi connectivity index (χ3v) is 4.59. The number of amidine groups is 1. The van der Waals surface area contributed by atoms with Gasteiger partial charge in [0.05, 0.1) is 11.3 Å². The van der Waals surface area contributed by atoms with Crippen LogP contribution in [0.3, 0.4) is 0 Å². The summed E-state index contributed by atoms with van der Waals surface area (Å²) in [5.41, 5.74) is 7.53. The molecule has 0 amide bonds. The molecule has 6 heteroatoms. The van der Waals surface area contributed by atoms with E-state index in [9.17, 15) is 0 Å². The highest BCUT2D eigenvalue weighted by molar-refractivity contribution is 6.00. The fourth-order valence-electron chi connectivity index (χ4n) is 3.25. The largest absolute Gasteiger partial charge is 0.384 e. The first-order valence-electron chi connectivity index (χ1n) is 7.05. The molecule has 1 saturated carbocycles. The summed E-state index contributed by atoms with van der Waals surface area (Å²) in [5.74, 6) is 1.02. The first-order chi connectivity index (χ1) is 9.28. The van der Waals surface area contributed by atoms with E-state index in [1.54, 1.807) is 0 Å². The molecule has 1 heterocycles. The van der Waals surface area contributed by atoms with Gasteiger partial charge in [-0.2, -0.15) is 5.10 Å². The van der Waals surface area contributed by atoms with Crippen molar-refractivity contribution in [2.45, 2.75) is 31.7 Å². The number of hydrogen-bond acceptors (Lipinski definition) is 4. The van der Waals surface area contributed by atoms with Gasteiger partial charge in [-0.1, -0.05) is 0 Å². The molecule has 1 aromatic heterocycles. The first kappa shape index (κ1) is 14.8. The first-order valence-corrected chi connectivity index (χ1v) is 7.05. The van der Waals surface area contributed by atoms with Gasteiger partial charge in [-0.05, 0) is 40.3 Å². The molecule has 0 bridgehead atoms. The number of nitrogen functional groups attached to an aromatic ring is 1. The maximum atomic E-state index is 7.79. The normalized spacial score (nSPS) is 17.1. The van der Waals surface area contributed by atoms with Gasteiger partial charge in [-0.25, -0.2) is 0 Å². The van der Waals surface area contributed by atoms with Gasteiger partial charge in [0.25, 0.3) is 0 Å². The van der Waals surface area contributed by atoms with E-state index in [-0.39, 0.29) is 11.4 Å². The fourth-order valence-corrected chi connectivity index (χ4v) is 3.25. The molecule has 2 rings (SSSR count). The van der Waals surface area contributed by atoms with Crippen LogP contribution >= 0.6 is 0 Å². The molecule has 6 nitrogen and oxygen atoms in total. The number of aryl methyl sites for hydroxylation is 2. The number of aromatic nitrogens is 2. The van der Waals surface area contributed by atoms with Crippen molar-refractivity contribution >= 4 is 11.7 Å². The Labute approximate surface area is 121 Å². The topological polar surface area (TPSA) is 74.2 Å². The van der Waals surface area contributed by atoms with E-state index in [2.05, 4.69) is 36.0 Å². The molecule has 112 valence electrons. The summed E-state index contributed by atoms with van der Waals surface area (Å²) in [6.07, 6.45) is 3.73. The predicted molar refractivity (Wildman–Crippen MR) is 82.5 cm³/mol. The minimum absolute atomic E-state index is 0.0879. The van der Waals surface area contributed by atoms with E-state index in [1.807, 2.05) is 18.7 Å². The number of anilines is 1. The molecule has 20 heavy (non-hydrogen) atoms. The molecule has 1 fully saturated rings. The van der Waals surface area contributed by atoms with Crippen molar-refractivity contribution in [2.24, 2.45) is 12.8 Å². The lowest BCUT2D eigenvalue weighted by Gasteiger charge is -2.49. The zero-order valence-corrected chi connectivity index (χ0v) is 13.2. The van der Waals surface area contributed by atoms with Crippen LogP contribution in [0.4, 0.5) is 5.82 Å². The number of likely N-dealkylation sites (N-methyl/N-ethyl adjacent to an activating group) is 2. The van der Waals surface area contributed by atoms with Gasteiger partial charge in [0, 0.05) is 26.2 Å². The average Bonchev–Trinajstić information content (AvgIpc) is 2.57. The number of hydrogen-bond donors (Lipinski definition) is 2. The maximum absolute atomic E-state index is 7.79. The smallest absolute Gasteiger partial charge is 0.137 e. The third-order valence-electron chi connectivity index (χ3n) is 4.59. The summed E-state index contributed by atoms with van der Waals surface area (Å²) >= 11 is 0. The third kappa shape index (κ3) is 2.28. The molecule has 0 unspecified atom stereocenters. The van der Waals surface area contributed by atoms with Gasteiger partial charge in [-0.3, -0.25) is 10.1 Å². The Hall–Kier alpha value is -1.56. The standard InChI is InChI=1S/C14H26N6/c1-10-11(12(15)16)13(20(5)17-10)19(4)9-14(18(2)3)7-6-8-14/h6-9H2,1-5H3,(H3,15,16). The molecule has 1 aliphatic rings. The molecule has 0 atom stereocenters. The van der Waals surface area contributed by atoms with Gasteiger partial charge in [0.15, 0.2) is 0 Å². The summed E-state index contributed by atoms with van der Waals surface area (Å²) < 4.78 is 1.83. The Kier molecular flexibility index (Phi) is 3.77. The summed E-state index contributed by atoms with van der Waals surface area (Å²) in [6, 6.07) is 0. The lowest BCUT2D eigenvalue weighted by Crippen LogP contribution is -2.57. The highest BCUT2D eigenvalue weighted by Gasteiger charge is 2.40. The van der Waals surface area contributed by atoms with E-state index in [1.165, 1.54) is 19.3 Å². The zero-order chi connectivity index (χ0) is 15.1. The summed E-state index contributed by atoms with van der Waals surface area (Å²) in [6.45, 7) is 2.83. The van der Waals surface area contributed by atoms with Crippen LogP contribution in [-0.4, -0.2) is 53.7 Å². The summed E-state index contributed by atoms with van der Waals surface area (Å²) in [4.78, 5) is 4.51. The van der Waals surface area contributed by atoms with E-state index in [4.69, 9.17) is 11.1 Å². The highest BCUT2D eigenvalue weighted by Crippen LogP contribution is 2.38. The summed E-state index contributed by atoms with van der Waals surface area (Å²) in [5, 5.41) is 12.2. The van der Waals surface area contributed by atoms with Gasteiger partial charge in [-0.15, -0.1) is 0 Å². The van der Waals surface area contributed by atoms with Crippen LogP contribution in [0.5, 0.6) is 0 Å². The van der Waals surface area contributed by atoms with Gasteiger partial charge < -0.3 is 15.5 Å². The van der Waals surface area contributed by atoms with E-state index in [0.29, 0.717) is 0 Å². The molecule has 0 aliphatic heterocycles. The number of nitrogens with zero attached hydrogens (tertiary/aromatic N) is 4. The van der Waals surface area contributed by atoms with Crippen LogP contribution in [0.1, 0.15) is 30.5 Å². The monoisotopic (exact) mass is 278 g/mol. The molecular weight excluding hydrogens is 252 g/mol. The Bertz CT molecular complexity index is 512. The van der Waals surface area contributed by atoms with E-state index < -0.39 is 0 Å². The van der Waals surface area contributed by atoms with E-state index in [0.717, 1.165) is 23.6 Å². The molecule has 0 saturated heterocycles. The quantitative estimate of drug-likeness (QED) is 0.621. The van der Waals surface area contributed by atoms with E-state index >= 15 is 0 Å². The number of nitrogens with one attached hydrogen (secondary N) is 1. The maximum Gasteiger partial charge on any atom is 0.137 e. The van der Waals surface area contributed by atoms with Crippen LogP contribution in [0.25, 0.3) is 0 Å². The second kappa shape index (κ2) is 5.09. The van der Waals surface area contributed by atoms with Crippen molar-refractivity contribution in [1.82, 2.24) is 14.7 Å². The van der Waals surface area contributed by atoms with Crippen molar-refractivity contribution < 1.29 is 0 Å². The SMILES string of the molecule is Cc1nn(C)c(N(C)CC2(N(C)C)CCC2)c1C(=N)N. The van der Waals surface area contributed by atoms with Crippen LogP contribution < -0.4 is 10.6 Å². The van der Waals surface area contributed by atoms with Gasteiger partial charge in [0.2, 0.25) is 0 Å². The average molecular weight is 278 g/mol. The fraction of sp³-hybridized carbons (Fsp3) is 0.714. The number of rotatable bonds is 5. The minimum atomic E-state index is 0.0879. The Morgan fingerprint density at radius 3 is 2.40 bits per heavy atom. The van der Waals surface area contributed by atoms with Crippen molar-refractivity contribution in [1.29, 1.82) is 5.41 Å². The lowest BCUT2D eigenvalue weighted by molar-refractivity contribution is 0.0680. The van der Waals surface area contributed by atoms with Crippen molar-refractivity contribution in [3.63, 3.8) is 0 Å². The molecule has 1 aliphatic carbocycles. The molecule has 0 aromatic carbocycles. The molecule has 1 aromatic rings. The zero-order valence-electron chi connectivity index (χ0n) is 13.2. The number of nitrogens with two attached hydrogens (primary N) is 1. The highest BCUT2D eigenvalue weighted by atomic mass is 15.4. The second-order valence-electron chi connectivity index (χ2n) is 6.15. The van der Waals surface area contributed by atoms with Crippen LogP contribution in [0, 0.1) is 12.3 Å². The molecular formula is C14H26N6. The van der Waals surface area contributed by atoms with Crippen molar-refractivity contribution in [3.8, 4) is 0 Å². The van der Waals surface area contributed by atoms with Crippen molar-refractivity contribution in [3.05, 3.63) is 11.3 Å². The van der Waals surface area contributed by atoms with Crippen LogP contribution in [0.15, 0.2) is 0 Å². The van der Waals surface area contributed by atoms with Crippen LogP contribution in [-0.2, 0) is 7.05 Å². The minimum Gasteiger partial charge on any atom is -0.384 e. The van der Waals surface area contributed by atoms with Gasteiger partial charge in [0.1, 0.15) is 11.7 Å².